The van der Waals surface area contributed by atoms with Gasteiger partial charge in [-0.05, 0) is 68.6 Å². The molecule has 1 aromatic carbocycles. The van der Waals surface area contributed by atoms with Crippen LogP contribution in [0.3, 0.4) is 0 Å². The molecule has 0 aliphatic carbocycles. The Kier molecular flexibility index (Phi) is 5.59. The molecule has 0 bridgehead atoms. The normalized spacial score (nSPS) is 15.7. The molecule has 3 nitrogen and oxygen atoms in total. The number of amides is 1. The van der Waals surface area contributed by atoms with E-state index in [-0.39, 0.29) is 5.91 Å². The van der Waals surface area contributed by atoms with Gasteiger partial charge in [-0.2, -0.15) is 0 Å². The fourth-order valence-corrected chi connectivity index (χ4v) is 4.62. The third-order valence-electron chi connectivity index (χ3n) is 4.61. The smallest absolute Gasteiger partial charge is 0.263 e. The largest absolute Gasteiger partial charge is 0.338 e. The van der Waals surface area contributed by atoms with Gasteiger partial charge in [0, 0.05) is 23.0 Å². The second-order valence-electron chi connectivity index (χ2n) is 6.43. The van der Waals surface area contributed by atoms with Crippen LogP contribution in [-0.2, 0) is 0 Å². The van der Waals surface area contributed by atoms with Crippen LogP contribution in [0.1, 0.15) is 28.1 Å². The number of carbonyl (C=O) groups is 1. The maximum absolute atomic E-state index is 12.8. The maximum atomic E-state index is 12.8. The van der Waals surface area contributed by atoms with Crippen molar-refractivity contribution in [2.45, 2.75) is 19.8 Å². The van der Waals surface area contributed by atoms with Crippen molar-refractivity contribution in [1.29, 1.82) is 0 Å². The number of benzene rings is 1. The molecule has 0 unspecified atom stereocenters. The average Bonchev–Trinajstić information content (AvgIpc) is 2.97. The van der Waals surface area contributed by atoms with E-state index in [1.54, 1.807) is 11.3 Å². The lowest BCUT2D eigenvalue weighted by atomic mass is 9.97. The maximum Gasteiger partial charge on any atom is 0.263 e. The van der Waals surface area contributed by atoms with Crippen LogP contribution in [-0.4, -0.2) is 37.5 Å². The summed E-state index contributed by atoms with van der Waals surface area (Å²) in [7, 11) is 1.99. The summed E-state index contributed by atoms with van der Waals surface area (Å²) in [6, 6.07) is 9.84. The minimum absolute atomic E-state index is 0.166. The van der Waals surface area contributed by atoms with Crippen LogP contribution in [0.25, 0.3) is 10.4 Å². The molecule has 128 valence electrons. The number of thiophene rings is 1. The van der Waals surface area contributed by atoms with Gasteiger partial charge in [-0.25, -0.2) is 0 Å². The van der Waals surface area contributed by atoms with Crippen LogP contribution in [0.15, 0.2) is 30.3 Å². The number of hydrogen-bond acceptors (Lipinski definition) is 3. The topological polar surface area (TPSA) is 32.3 Å². The van der Waals surface area contributed by atoms with Gasteiger partial charge in [0.1, 0.15) is 0 Å². The molecule has 5 heteroatoms. The lowest BCUT2D eigenvalue weighted by molar-refractivity contribution is 0.0696. The van der Waals surface area contributed by atoms with Crippen molar-refractivity contribution in [3.8, 4) is 10.4 Å². The van der Waals surface area contributed by atoms with Crippen molar-refractivity contribution in [3.63, 3.8) is 0 Å². The average molecular weight is 363 g/mol. The summed E-state index contributed by atoms with van der Waals surface area (Å²) in [5.74, 6) is 0.852. The van der Waals surface area contributed by atoms with Gasteiger partial charge in [0.15, 0.2) is 0 Å². The molecule has 1 aliphatic rings. The summed E-state index contributed by atoms with van der Waals surface area (Å²) in [5, 5.41) is 3.96. The van der Waals surface area contributed by atoms with Gasteiger partial charge in [-0.3, -0.25) is 4.79 Å². The number of carbonyl (C=O) groups excluding carboxylic acids is 1. The van der Waals surface area contributed by atoms with Crippen molar-refractivity contribution in [3.05, 3.63) is 45.8 Å². The molecule has 1 amide bonds. The Hall–Kier alpha value is -1.36. The molecule has 1 aromatic heterocycles. The number of rotatable bonds is 4. The lowest BCUT2D eigenvalue weighted by Gasteiger charge is -2.31. The highest BCUT2D eigenvalue weighted by Crippen LogP contribution is 2.34. The molecular formula is C19H23ClN2OS. The standard InChI is InChI=1S/C19H23ClN2OS/c1-13-10-17(24-18(13)15-4-3-5-16(20)11-15)19(23)22-8-6-14(7-9-22)12-21-2/h3-5,10-11,14,21H,6-9,12H2,1-2H3. The second-order valence-corrected chi connectivity index (χ2v) is 7.92. The number of nitrogens with one attached hydrogen (secondary N) is 1. The molecule has 3 rings (SSSR count). The molecule has 1 aliphatic heterocycles. The molecule has 2 heterocycles. The van der Waals surface area contributed by atoms with Crippen LogP contribution >= 0.6 is 22.9 Å². The van der Waals surface area contributed by atoms with Gasteiger partial charge >= 0.3 is 0 Å². The zero-order valence-electron chi connectivity index (χ0n) is 14.1. The van der Waals surface area contributed by atoms with Crippen LogP contribution in [0.2, 0.25) is 5.02 Å². The highest BCUT2D eigenvalue weighted by atomic mass is 35.5. The summed E-state index contributed by atoms with van der Waals surface area (Å²) >= 11 is 7.67. The van der Waals surface area contributed by atoms with E-state index in [1.807, 2.05) is 42.3 Å². The highest BCUT2D eigenvalue weighted by molar-refractivity contribution is 7.17. The fourth-order valence-electron chi connectivity index (χ4n) is 3.29. The fraction of sp³-hybridized carbons (Fsp3) is 0.421. The minimum Gasteiger partial charge on any atom is -0.338 e. The molecule has 1 N–H and O–H groups in total. The van der Waals surface area contributed by atoms with E-state index in [2.05, 4.69) is 12.2 Å². The van der Waals surface area contributed by atoms with E-state index in [1.165, 1.54) is 0 Å². The van der Waals surface area contributed by atoms with Gasteiger partial charge in [0.05, 0.1) is 4.88 Å². The van der Waals surface area contributed by atoms with E-state index >= 15 is 0 Å². The molecule has 2 aromatic rings. The van der Waals surface area contributed by atoms with Crippen molar-refractivity contribution in [1.82, 2.24) is 10.2 Å². The summed E-state index contributed by atoms with van der Waals surface area (Å²) < 4.78 is 0. The van der Waals surface area contributed by atoms with Crippen molar-refractivity contribution in [2.75, 3.05) is 26.7 Å². The van der Waals surface area contributed by atoms with Crippen molar-refractivity contribution in [2.24, 2.45) is 5.92 Å². The van der Waals surface area contributed by atoms with E-state index in [0.717, 1.165) is 58.4 Å². The molecule has 1 saturated heterocycles. The third kappa shape index (κ3) is 3.82. The van der Waals surface area contributed by atoms with Gasteiger partial charge in [0.2, 0.25) is 0 Å². The van der Waals surface area contributed by atoms with Crippen LogP contribution in [0, 0.1) is 12.8 Å². The zero-order valence-corrected chi connectivity index (χ0v) is 15.7. The van der Waals surface area contributed by atoms with Gasteiger partial charge in [-0.15, -0.1) is 11.3 Å². The van der Waals surface area contributed by atoms with E-state index in [9.17, 15) is 4.79 Å². The molecule has 1 fully saturated rings. The number of halogens is 1. The highest BCUT2D eigenvalue weighted by Gasteiger charge is 2.25. The lowest BCUT2D eigenvalue weighted by Crippen LogP contribution is -2.40. The Morgan fingerprint density at radius 1 is 1.33 bits per heavy atom. The predicted molar refractivity (Wildman–Crippen MR) is 102 cm³/mol. The zero-order chi connectivity index (χ0) is 17.1. The molecular weight excluding hydrogens is 340 g/mol. The van der Waals surface area contributed by atoms with Crippen LogP contribution in [0.5, 0.6) is 0 Å². The Morgan fingerprint density at radius 3 is 2.75 bits per heavy atom. The first-order valence-electron chi connectivity index (χ1n) is 8.38. The SMILES string of the molecule is CNCC1CCN(C(=O)c2cc(C)c(-c3cccc(Cl)c3)s2)CC1. The monoisotopic (exact) mass is 362 g/mol. The second kappa shape index (κ2) is 7.68. The quantitative estimate of drug-likeness (QED) is 0.871. The Balaban J connectivity index is 1.74. The number of hydrogen-bond donors (Lipinski definition) is 1. The minimum atomic E-state index is 0.166. The number of aryl methyl sites for hydroxylation is 1. The molecule has 0 saturated carbocycles. The molecule has 24 heavy (non-hydrogen) atoms. The van der Waals surface area contributed by atoms with E-state index < -0.39 is 0 Å². The summed E-state index contributed by atoms with van der Waals surface area (Å²) in [6.07, 6.45) is 2.16. The number of piperidine rings is 1. The van der Waals surface area contributed by atoms with E-state index in [4.69, 9.17) is 11.6 Å². The summed E-state index contributed by atoms with van der Waals surface area (Å²) in [6.45, 7) is 4.81. The first kappa shape index (κ1) is 17.5. The first-order chi connectivity index (χ1) is 11.6. The first-order valence-corrected chi connectivity index (χ1v) is 9.58. The van der Waals surface area contributed by atoms with Crippen molar-refractivity contribution < 1.29 is 4.79 Å². The van der Waals surface area contributed by atoms with Crippen LogP contribution in [0.4, 0.5) is 0 Å². The van der Waals surface area contributed by atoms with Gasteiger partial charge < -0.3 is 10.2 Å². The van der Waals surface area contributed by atoms with Gasteiger partial charge in [0.25, 0.3) is 5.91 Å². The molecule has 0 radical (unpaired) electrons. The van der Waals surface area contributed by atoms with Crippen LogP contribution < -0.4 is 5.32 Å². The summed E-state index contributed by atoms with van der Waals surface area (Å²) in [4.78, 5) is 16.8. The Labute approximate surface area is 152 Å². The molecule has 0 atom stereocenters. The van der Waals surface area contributed by atoms with E-state index in [0.29, 0.717) is 5.92 Å². The number of likely N-dealkylation sites (tertiary alicyclic amines) is 1. The third-order valence-corrected chi connectivity index (χ3v) is 6.12. The van der Waals surface area contributed by atoms with Gasteiger partial charge in [-0.1, -0.05) is 23.7 Å². The molecule has 0 spiro atoms. The Bertz CT molecular complexity index is 720. The number of nitrogens with zero attached hydrogens (tertiary/aromatic N) is 1. The Morgan fingerprint density at radius 2 is 2.08 bits per heavy atom. The summed E-state index contributed by atoms with van der Waals surface area (Å²) in [5.41, 5.74) is 2.22. The predicted octanol–water partition coefficient (Wildman–Crippen LogP) is 4.45. The van der Waals surface area contributed by atoms with Crippen molar-refractivity contribution >= 4 is 28.8 Å².